The maximum Gasteiger partial charge on any atom is 0.246 e. The zero-order chi connectivity index (χ0) is 19.2. The van der Waals surface area contributed by atoms with Crippen LogP contribution in [0.15, 0.2) is 23.1 Å². The highest BCUT2D eigenvalue weighted by Crippen LogP contribution is 2.31. The van der Waals surface area contributed by atoms with Crippen molar-refractivity contribution in [2.24, 2.45) is 5.92 Å². The number of nitrogens with one attached hydrogen (secondary N) is 1. The van der Waals surface area contributed by atoms with Crippen molar-refractivity contribution in [3.8, 4) is 5.75 Å². The van der Waals surface area contributed by atoms with Crippen LogP contribution in [0.4, 0.5) is 0 Å². The summed E-state index contributed by atoms with van der Waals surface area (Å²) in [6.07, 6.45) is 2.00. The standard InChI is InChI=1S/C17H25ClN2O5S/c1-24-10-4-8-19-17(21)13-5-3-9-20(12-13)26(22,23)16-11-14(18)6-7-15(16)25-2/h6-7,11,13H,3-5,8-10,12H2,1-2H3,(H,19,21)/t13-/m0/s1. The molecular formula is C17H25ClN2O5S. The van der Waals surface area contributed by atoms with E-state index in [9.17, 15) is 13.2 Å². The molecule has 1 fully saturated rings. The molecule has 9 heteroatoms. The van der Waals surface area contributed by atoms with E-state index in [1.165, 1.54) is 23.5 Å². The van der Waals surface area contributed by atoms with Crippen molar-refractivity contribution < 1.29 is 22.7 Å². The van der Waals surface area contributed by atoms with Gasteiger partial charge in [-0.25, -0.2) is 8.42 Å². The molecule has 7 nitrogen and oxygen atoms in total. The minimum absolute atomic E-state index is 0.0219. The van der Waals surface area contributed by atoms with E-state index in [-0.39, 0.29) is 29.0 Å². The van der Waals surface area contributed by atoms with E-state index in [1.807, 2.05) is 0 Å². The van der Waals surface area contributed by atoms with Gasteiger partial charge in [0.1, 0.15) is 10.6 Å². The molecule has 1 aliphatic heterocycles. The summed E-state index contributed by atoms with van der Waals surface area (Å²) in [6, 6.07) is 4.48. The van der Waals surface area contributed by atoms with Crippen LogP contribution in [0.25, 0.3) is 0 Å². The van der Waals surface area contributed by atoms with Crippen LogP contribution in [0, 0.1) is 5.92 Å². The number of benzene rings is 1. The third-order valence-electron chi connectivity index (χ3n) is 4.32. The van der Waals surface area contributed by atoms with Crippen molar-refractivity contribution in [2.75, 3.05) is 40.5 Å². The summed E-state index contributed by atoms with van der Waals surface area (Å²) >= 11 is 5.97. The SMILES string of the molecule is COCCCNC(=O)[C@H]1CCCN(S(=O)(=O)c2cc(Cl)ccc2OC)C1. The number of hydrogen-bond donors (Lipinski definition) is 1. The molecule has 0 radical (unpaired) electrons. The Bertz CT molecular complexity index is 726. The fraction of sp³-hybridized carbons (Fsp3) is 0.588. The Morgan fingerprint density at radius 3 is 2.85 bits per heavy atom. The monoisotopic (exact) mass is 404 g/mol. The molecule has 1 aromatic rings. The van der Waals surface area contributed by atoms with Crippen LogP contribution in [0.1, 0.15) is 19.3 Å². The van der Waals surface area contributed by atoms with E-state index >= 15 is 0 Å². The topological polar surface area (TPSA) is 84.9 Å². The number of amides is 1. The minimum Gasteiger partial charge on any atom is -0.495 e. The first-order valence-corrected chi connectivity index (χ1v) is 10.3. The maximum atomic E-state index is 13.0. The van der Waals surface area contributed by atoms with Crippen LogP contribution >= 0.6 is 11.6 Å². The van der Waals surface area contributed by atoms with E-state index in [1.54, 1.807) is 13.2 Å². The van der Waals surface area contributed by atoms with Gasteiger partial charge in [0.2, 0.25) is 15.9 Å². The number of rotatable bonds is 8. The zero-order valence-corrected chi connectivity index (χ0v) is 16.6. The summed E-state index contributed by atoms with van der Waals surface area (Å²) in [5.41, 5.74) is 0. The lowest BCUT2D eigenvalue weighted by Crippen LogP contribution is -2.45. The molecule has 26 heavy (non-hydrogen) atoms. The molecule has 1 amide bonds. The Morgan fingerprint density at radius 2 is 2.15 bits per heavy atom. The quantitative estimate of drug-likeness (QED) is 0.669. The van der Waals surface area contributed by atoms with Gasteiger partial charge < -0.3 is 14.8 Å². The number of piperidine rings is 1. The number of sulfonamides is 1. The Kier molecular flexibility index (Phi) is 7.69. The average Bonchev–Trinajstić information content (AvgIpc) is 2.65. The molecule has 1 aromatic carbocycles. The fourth-order valence-corrected chi connectivity index (χ4v) is 4.88. The number of carbonyl (C=O) groups is 1. The third-order valence-corrected chi connectivity index (χ3v) is 6.44. The van der Waals surface area contributed by atoms with Crippen LogP contribution in [0.3, 0.4) is 0 Å². The van der Waals surface area contributed by atoms with Gasteiger partial charge in [-0.05, 0) is 37.5 Å². The predicted molar refractivity (Wildman–Crippen MR) is 99.0 cm³/mol. The van der Waals surface area contributed by atoms with Gasteiger partial charge in [0.15, 0.2) is 0 Å². The summed E-state index contributed by atoms with van der Waals surface area (Å²) in [5.74, 6) is -0.258. The van der Waals surface area contributed by atoms with Gasteiger partial charge in [0, 0.05) is 38.4 Å². The van der Waals surface area contributed by atoms with E-state index in [2.05, 4.69) is 5.32 Å². The first kappa shape index (κ1) is 21.0. The Morgan fingerprint density at radius 1 is 1.38 bits per heavy atom. The zero-order valence-electron chi connectivity index (χ0n) is 15.0. The molecule has 1 heterocycles. The molecule has 2 rings (SSSR count). The Balaban J connectivity index is 2.10. The highest BCUT2D eigenvalue weighted by atomic mass is 35.5. The molecule has 0 aromatic heterocycles. The van der Waals surface area contributed by atoms with Crippen LogP contribution < -0.4 is 10.1 Å². The lowest BCUT2D eigenvalue weighted by Gasteiger charge is -2.31. The van der Waals surface area contributed by atoms with Crippen LogP contribution in [-0.4, -0.2) is 59.1 Å². The van der Waals surface area contributed by atoms with Crippen molar-refractivity contribution in [2.45, 2.75) is 24.2 Å². The number of carbonyl (C=O) groups excluding carboxylic acids is 1. The molecule has 146 valence electrons. The van der Waals surface area contributed by atoms with Crippen molar-refractivity contribution in [1.29, 1.82) is 0 Å². The predicted octanol–water partition coefficient (Wildman–Crippen LogP) is 1.90. The second-order valence-corrected chi connectivity index (χ2v) is 8.48. The van der Waals surface area contributed by atoms with Crippen LogP contribution in [0.2, 0.25) is 5.02 Å². The van der Waals surface area contributed by atoms with E-state index < -0.39 is 10.0 Å². The highest BCUT2D eigenvalue weighted by molar-refractivity contribution is 7.89. The lowest BCUT2D eigenvalue weighted by molar-refractivity contribution is -0.126. The van der Waals surface area contributed by atoms with Crippen LogP contribution in [-0.2, 0) is 19.6 Å². The lowest BCUT2D eigenvalue weighted by atomic mass is 9.99. The summed E-state index contributed by atoms with van der Waals surface area (Å²) < 4.78 is 37.5. The first-order valence-electron chi connectivity index (χ1n) is 8.50. The molecule has 0 bridgehead atoms. The smallest absolute Gasteiger partial charge is 0.246 e. The number of ether oxygens (including phenoxy) is 2. The van der Waals surface area contributed by atoms with Gasteiger partial charge in [-0.15, -0.1) is 0 Å². The summed E-state index contributed by atoms with van der Waals surface area (Å²) in [5, 5.41) is 3.16. The number of nitrogens with zero attached hydrogens (tertiary/aromatic N) is 1. The van der Waals surface area contributed by atoms with E-state index in [4.69, 9.17) is 21.1 Å². The number of hydrogen-bond acceptors (Lipinski definition) is 5. The molecular weight excluding hydrogens is 380 g/mol. The largest absolute Gasteiger partial charge is 0.495 e. The highest BCUT2D eigenvalue weighted by Gasteiger charge is 2.34. The Hall–Kier alpha value is -1.35. The molecule has 1 atom stereocenters. The van der Waals surface area contributed by atoms with Crippen molar-refractivity contribution in [1.82, 2.24) is 9.62 Å². The van der Waals surface area contributed by atoms with Crippen LogP contribution in [0.5, 0.6) is 5.75 Å². The minimum atomic E-state index is -3.80. The van der Waals surface area contributed by atoms with E-state index in [0.29, 0.717) is 37.6 Å². The van der Waals surface area contributed by atoms with Gasteiger partial charge in [0.05, 0.1) is 13.0 Å². The van der Waals surface area contributed by atoms with Gasteiger partial charge in [-0.1, -0.05) is 11.6 Å². The van der Waals surface area contributed by atoms with Crippen molar-refractivity contribution >= 4 is 27.5 Å². The first-order chi connectivity index (χ1) is 12.4. The Labute approximate surface area is 159 Å². The maximum absolute atomic E-state index is 13.0. The second-order valence-electron chi connectivity index (χ2n) is 6.13. The number of halogens is 1. The van der Waals surface area contributed by atoms with Gasteiger partial charge in [-0.3, -0.25) is 4.79 Å². The molecule has 0 saturated carbocycles. The number of methoxy groups -OCH3 is 2. The molecule has 0 unspecified atom stereocenters. The second kappa shape index (κ2) is 9.55. The van der Waals surface area contributed by atoms with Crippen molar-refractivity contribution in [3.63, 3.8) is 0 Å². The third kappa shape index (κ3) is 5.09. The molecule has 1 aliphatic rings. The molecule has 0 aliphatic carbocycles. The van der Waals surface area contributed by atoms with Gasteiger partial charge >= 0.3 is 0 Å². The van der Waals surface area contributed by atoms with Gasteiger partial charge in [-0.2, -0.15) is 4.31 Å². The summed E-state index contributed by atoms with van der Waals surface area (Å²) in [6.45, 7) is 1.59. The summed E-state index contributed by atoms with van der Waals surface area (Å²) in [7, 11) is -0.781. The van der Waals surface area contributed by atoms with Gasteiger partial charge in [0.25, 0.3) is 0 Å². The molecule has 1 N–H and O–H groups in total. The fourth-order valence-electron chi connectivity index (χ4n) is 2.94. The average molecular weight is 405 g/mol. The van der Waals surface area contributed by atoms with Crippen molar-refractivity contribution in [3.05, 3.63) is 23.2 Å². The normalized spacial score (nSPS) is 18.5. The summed E-state index contributed by atoms with van der Waals surface area (Å²) in [4.78, 5) is 12.4. The molecule has 1 saturated heterocycles. The van der Waals surface area contributed by atoms with E-state index in [0.717, 1.165) is 6.42 Å². The molecule has 0 spiro atoms.